The Balaban J connectivity index is 2.40. The lowest BCUT2D eigenvalue weighted by molar-refractivity contribution is 0.318. The first-order chi connectivity index (χ1) is 9.65. The molecule has 5 heteroatoms. The topological polar surface area (TPSA) is 67.8 Å². The summed E-state index contributed by atoms with van der Waals surface area (Å²) in [7, 11) is 0. The SMILES string of the molecule is CCc1cccc(Oc2cccc(Cl)c2C(N)=NO)c1. The molecule has 2 rings (SSSR count). The van der Waals surface area contributed by atoms with Crippen molar-refractivity contribution in [1.29, 1.82) is 0 Å². The third kappa shape index (κ3) is 3.03. The van der Waals surface area contributed by atoms with E-state index in [1.165, 1.54) is 0 Å². The first-order valence-electron chi connectivity index (χ1n) is 6.19. The van der Waals surface area contributed by atoms with Gasteiger partial charge < -0.3 is 15.7 Å². The molecule has 0 aliphatic rings. The Bertz CT molecular complexity index is 642. The predicted octanol–water partition coefficient (Wildman–Crippen LogP) is 3.79. The number of nitrogens with zero attached hydrogens (tertiary/aromatic N) is 1. The highest BCUT2D eigenvalue weighted by Crippen LogP contribution is 2.30. The van der Waals surface area contributed by atoms with Gasteiger partial charge in [0.1, 0.15) is 11.5 Å². The zero-order chi connectivity index (χ0) is 14.5. The minimum atomic E-state index is -0.0859. The molecule has 0 aliphatic carbocycles. The van der Waals surface area contributed by atoms with Crippen LogP contribution in [-0.4, -0.2) is 11.0 Å². The van der Waals surface area contributed by atoms with Gasteiger partial charge in [-0.3, -0.25) is 0 Å². The van der Waals surface area contributed by atoms with E-state index in [9.17, 15) is 0 Å². The molecule has 3 N–H and O–H groups in total. The van der Waals surface area contributed by atoms with Crippen LogP contribution in [0, 0.1) is 0 Å². The number of halogens is 1. The predicted molar refractivity (Wildman–Crippen MR) is 79.9 cm³/mol. The van der Waals surface area contributed by atoms with Crippen LogP contribution in [0.25, 0.3) is 0 Å². The lowest BCUT2D eigenvalue weighted by Gasteiger charge is -2.12. The summed E-state index contributed by atoms with van der Waals surface area (Å²) in [4.78, 5) is 0. The van der Waals surface area contributed by atoms with Crippen molar-refractivity contribution in [2.75, 3.05) is 0 Å². The van der Waals surface area contributed by atoms with E-state index in [1.807, 2.05) is 24.3 Å². The molecule has 0 fully saturated rings. The van der Waals surface area contributed by atoms with Gasteiger partial charge in [0, 0.05) is 0 Å². The molecule has 2 aromatic carbocycles. The first kappa shape index (κ1) is 14.2. The van der Waals surface area contributed by atoms with Crippen molar-refractivity contribution in [2.24, 2.45) is 10.9 Å². The van der Waals surface area contributed by atoms with Crippen molar-refractivity contribution in [1.82, 2.24) is 0 Å². The van der Waals surface area contributed by atoms with Crippen molar-refractivity contribution in [3.63, 3.8) is 0 Å². The maximum atomic E-state index is 8.83. The van der Waals surface area contributed by atoms with Crippen molar-refractivity contribution >= 4 is 17.4 Å². The average molecular weight is 291 g/mol. The Morgan fingerprint density at radius 1 is 1.30 bits per heavy atom. The van der Waals surface area contributed by atoms with Gasteiger partial charge in [0.2, 0.25) is 0 Å². The van der Waals surface area contributed by atoms with E-state index < -0.39 is 0 Å². The molecule has 20 heavy (non-hydrogen) atoms. The first-order valence-corrected chi connectivity index (χ1v) is 6.56. The molecule has 0 unspecified atom stereocenters. The molecule has 0 bridgehead atoms. The zero-order valence-electron chi connectivity index (χ0n) is 11.0. The second-order valence-corrected chi connectivity index (χ2v) is 4.61. The fourth-order valence-electron chi connectivity index (χ4n) is 1.84. The molecular formula is C15H15ClN2O2. The largest absolute Gasteiger partial charge is 0.457 e. The summed E-state index contributed by atoms with van der Waals surface area (Å²) in [5.74, 6) is 1.04. The maximum absolute atomic E-state index is 8.83. The maximum Gasteiger partial charge on any atom is 0.175 e. The minimum absolute atomic E-state index is 0.0859. The van der Waals surface area contributed by atoms with E-state index in [0.717, 1.165) is 12.0 Å². The Labute approximate surface area is 122 Å². The standard InChI is InChI=1S/C15H15ClN2O2/c1-2-10-5-3-6-11(9-10)20-13-8-4-7-12(16)14(13)15(17)18-19/h3-9,19H,2H2,1H3,(H2,17,18). The molecule has 0 atom stereocenters. The molecule has 0 saturated carbocycles. The van der Waals surface area contributed by atoms with E-state index in [1.54, 1.807) is 18.2 Å². The van der Waals surface area contributed by atoms with Crippen LogP contribution in [0.2, 0.25) is 5.02 Å². The monoisotopic (exact) mass is 290 g/mol. The molecule has 0 aliphatic heterocycles. The van der Waals surface area contributed by atoms with Crippen molar-refractivity contribution in [3.8, 4) is 11.5 Å². The smallest absolute Gasteiger partial charge is 0.175 e. The number of hydrogen-bond donors (Lipinski definition) is 2. The Morgan fingerprint density at radius 2 is 2.05 bits per heavy atom. The molecule has 0 saturated heterocycles. The summed E-state index contributed by atoms with van der Waals surface area (Å²) in [5.41, 5.74) is 7.18. The highest BCUT2D eigenvalue weighted by Gasteiger charge is 2.13. The van der Waals surface area contributed by atoms with Gasteiger partial charge in [0.25, 0.3) is 0 Å². The van der Waals surface area contributed by atoms with E-state index >= 15 is 0 Å². The molecule has 0 spiro atoms. The van der Waals surface area contributed by atoms with Crippen molar-refractivity contribution in [3.05, 3.63) is 58.6 Å². The molecule has 0 radical (unpaired) electrons. The molecule has 0 amide bonds. The summed E-state index contributed by atoms with van der Waals surface area (Å²) < 4.78 is 5.80. The van der Waals surface area contributed by atoms with Gasteiger partial charge in [-0.05, 0) is 36.2 Å². The fraction of sp³-hybridized carbons (Fsp3) is 0.133. The van der Waals surface area contributed by atoms with Crippen LogP contribution in [-0.2, 0) is 6.42 Å². The fourth-order valence-corrected chi connectivity index (χ4v) is 2.11. The number of oxime groups is 1. The number of hydrogen-bond acceptors (Lipinski definition) is 3. The van der Waals surface area contributed by atoms with E-state index in [-0.39, 0.29) is 5.84 Å². The summed E-state index contributed by atoms with van der Waals surface area (Å²) in [6.07, 6.45) is 0.917. The Hall–Kier alpha value is -2.20. The van der Waals surface area contributed by atoms with Gasteiger partial charge in [-0.2, -0.15) is 0 Å². The third-order valence-electron chi connectivity index (χ3n) is 2.87. The lowest BCUT2D eigenvalue weighted by Crippen LogP contribution is -2.14. The van der Waals surface area contributed by atoms with Crippen LogP contribution < -0.4 is 10.5 Å². The van der Waals surface area contributed by atoms with Gasteiger partial charge in [0.15, 0.2) is 5.84 Å². The number of benzene rings is 2. The molecule has 0 heterocycles. The van der Waals surface area contributed by atoms with Crippen LogP contribution in [0.1, 0.15) is 18.1 Å². The van der Waals surface area contributed by atoms with Crippen molar-refractivity contribution < 1.29 is 9.94 Å². The quantitative estimate of drug-likeness (QED) is 0.389. The number of rotatable bonds is 4. The Morgan fingerprint density at radius 3 is 2.75 bits per heavy atom. The third-order valence-corrected chi connectivity index (χ3v) is 3.19. The molecule has 2 aromatic rings. The Kier molecular flexibility index (Phi) is 4.48. The van der Waals surface area contributed by atoms with Gasteiger partial charge in [-0.25, -0.2) is 0 Å². The summed E-state index contributed by atoms with van der Waals surface area (Å²) >= 11 is 6.08. The summed E-state index contributed by atoms with van der Waals surface area (Å²) in [6, 6.07) is 12.8. The molecule has 104 valence electrons. The van der Waals surface area contributed by atoms with Crippen LogP contribution in [0.4, 0.5) is 0 Å². The van der Waals surface area contributed by atoms with Crippen LogP contribution >= 0.6 is 11.6 Å². The molecule has 4 nitrogen and oxygen atoms in total. The number of ether oxygens (including phenoxy) is 1. The minimum Gasteiger partial charge on any atom is -0.457 e. The van der Waals surface area contributed by atoms with Gasteiger partial charge in [-0.1, -0.05) is 41.9 Å². The van der Waals surface area contributed by atoms with Crippen molar-refractivity contribution in [2.45, 2.75) is 13.3 Å². The summed E-state index contributed by atoms with van der Waals surface area (Å²) in [6.45, 7) is 2.07. The number of aryl methyl sites for hydroxylation is 1. The second kappa shape index (κ2) is 6.30. The van der Waals surface area contributed by atoms with Gasteiger partial charge >= 0.3 is 0 Å². The lowest BCUT2D eigenvalue weighted by atomic mass is 10.1. The normalized spacial score (nSPS) is 11.4. The van der Waals surface area contributed by atoms with Gasteiger partial charge in [-0.15, -0.1) is 0 Å². The number of amidine groups is 1. The van der Waals surface area contributed by atoms with Crippen LogP contribution in [0.3, 0.4) is 0 Å². The summed E-state index contributed by atoms with van der Waals surface area (Å²) in [5, 5.41) is 12.2. The molecule has 0 aromatic heterocycles. The van der Waals surface area contributed by atoms with Crippen LogP contribution in [0.5, 0.6) is 11.5 Å². The zero-order valence-corrected chi connectivity index (χ0v) is 11.8. The average Bonchev–Trinajstić information content (AvgIpc) is 2.47. The van der Waals surface area contributed by atoms with Crippen LogP contribution in [0.15, 0.2) is 47.6 Å². The molecular weight excluding hydrogens is 276 g/mol. The van der Waals surface area contributed by atoms with Gasteiger partial charge in [0.05, 0.1) is 10.6 Å². The van der Waals surface area contributed by atoms with E-state index in [0.29, 0.717) is 22.1 Å². The number of nitrogens with two attached hydrogens (primary N) is 1. The highest BCUT2D eigenvalue weighted by atomic mass is 35.5. The second-order valence-electron chi connectivity index (χ2n) is 4.20. The van der Waals surface area contributed by atoms with E-state index in [2.05, 4.69) is 12.1 Å². The van der Waals surface area contributed by atoms with E-state index in [4.69, 9.17) is 27.3 Å². The highest BCUT2D eigenvalue weighted by molar-refractivity contribution is 6.34.